The molecule has 0 radical (unpaired) electrons. The number of hydrogen-bond acceptors (Lipinski definition) is 9. The molecule has 0 bridgehead atoms. The topological polar surface area (TPSA) is 119 Å². The zero-order valence-corrected chi connectivity index (χ0v) is 33.6. The van der Waals surface area contributed by atoms with Crippen LogP contribution in [0.1, 0.15) is 99.8 Å². The van der Waals surface area contributed by atoms with Gasteiger partial charge in [-0.3, -0.25) is 4.79 Å². The molecule has 274 valence electrons. The highest BCUT2D eigenvalue weighted by Gasteiger charge is 2.42. The van der Waals surface area contributed by atoms with E-state index in [1.165, 1.54) is 12.8 Å². The number of esters is 2. The summed E-state index contributed by atoms with van der Waals surface area (Å²) >= 11 is 0. The van der Waals surface area contributed by atoms with Gasteiger partial charge in [0.1, 0.15) is 25.6 Å². The minimum atomic E-state index is -1.96. The second-order valence-electron chi connectivity index (χ2n) is 16.1. The van der Waals surface area contributed by atoms with Crippen molar-refractivity contribution >= 4 is 34.7 Å². The van der Waals surface area contributed by atoms with Crippen LogP contribution in [0.25, 0.3) is 0 Å². The predicted molar refractivity (Wildman–Crippen MR) is 191 cm³/mol. The van der Waals surface area contributed by atoms with E-state index in [9.17, 15) is 14.4 Å². The van der Waals surface area contributed by atoms with Gasteiger partial charge in [0.25, 0.3) is 0 Å². The average molecular weight is 702 g/mol. The Morgan fingerprint density at radius 2 is 1.43 bits per heavy atom. The third kappa shape index (κ3) is 19.8. The van der Waals surface area contributed by atoms with Crippen molar-refractivity contribution in [1.82, 2.24) is 5.32 Å². The molecule has 1 aliphatic rings. The lowest BCUT2D eigenvalue weighted by Gasteiger charge is -2.46. The number of rotatable bonds is 22. The SMILES string of the molecule is C=C(C)C(=O)OCCOC(=O)CCC1(C)CC(NC(=O)OCCOCCC[Si](C)(C)OC(C)(C)O[Si](C)(C)CCCC)CC(C)(C)C1. The van der Waals surface area contributed by atoms with E-state index in [0.717, 1.165) is 37.8 Å². The number of nitrogens with one attached hydrogen (secondary N) is 1. The molecule has 1 aliphatic carbocycles. The molecule has 1 fully saturated rings. The first-order chi connectivity index (χ1) is 21.6. The van der Waals surface area contributed by atoms with E-state index in [-0.39, 0.29) is 49.1 Å². The summed E-state index contributed by atoms with van der Waals surface area (Å²) in [5.41, 5.74) is 0.143. The van der Waals surface area contributed by atoms with Crippen LogP contribution in [0.5, 0.6) is 0 Å². The maximum Gasteiger partial charge on any atom is 0.407 e. The molecule has 10 nitrogen and oxygen atoms in total. The summed E-state index contributed by atoms with van der Waals surface area (Å²) in [5, 5.41) is 3.04. The molecule has 47 heavy (non-hydrogen) atoms. The molecule has 0 spiro atoms. The molecule has 2 unspecified atom stereocenters. The Balaban J connectivity index is 2.36. The second kappa shape index (κ2) is 19.5. The van der Waals surface area contributed by atoms with Crippen LogP contribution in [-0.4, -0.2) is 79.5 Å². The first-order valence-corrected chi connectivity index (χ1v) is 23.7. The zero-order valence-electron chi connectivity index (χ0n) is 31.6. The number of amides is 1. The highest BCUT2D eigenvalue weighted by molar-refractivity contribution is 6.72. The summed E-state index contributed by atoms with van der Waals surface area (Å²) in [6.07, 6.45) is 6.19. The Kier molecular flexibility index (Phi) is 17.9. The largest absolute Gasteiger partial charge is 0.462 e. The fraction of sp³-hybridized carbons (Fsp3) is 0.857. The summed E-state index contributed by atoms with van der Waals surface area (Å²) in [7, 11) is -3.73. The van der Waals surface area contributed by atoms with Gasteiger partial charge in [-0.1, -0.05) is 47.1 Å². The van der Waals surface area contributed by atoms with Gasteiger partial charge in [0.05, 0.1) is 6.61 Å². The number of alkyl carbamates (subject to hydrolysis) is 1. The van der Waals surface area contributed by atoms with Crippen LogP contribution in [-0.2, 0) is 37.4 Å². The van der Waals surface area contributed by atoms with Gasteiger partial charge in [0.2, 0.25) is 0 Å². The molecular formula is C35H67NO9Si2. The molecule has 0 saturated heterocycles. The Morgan fingerprint density at radius 1 is 0.851 bits per heavy atom. The third-order valence-corrected chi connectivity index (χ3v) is 13.5. The van der Waals surface area contributed by atoms with E-state index < -0.39 is 34.5 Å². The molecule has 2 atom stereocenters. The van der Waals surface area contributed by atoms with Gasteiger partial charge >= 0.3 is 18.0 Å². The Morgan fingerprint density at radius 3 is 2.02 bits per heavy atom. The molecule has 0 heterocycles. The molecule has 0 aliphatic heterocycles. The van der Waals surface area contributed by atoms with Crippen molar-refractivity contribution in [3.63, 3.8) is 0 Å². The number of ether oxygens (including phenoxy) is 4. The second-order valence-corrected chi connectivity index (χ2v) is 24.6. The van der Waals surface area contributed by atoms with Gasteiger partial charge in [0.15, 0.2) is 16.6 Å². The van der Waals surface area contributed by atoms with Crippen molar-refractivity contribution < 1.29 is 42.2 Å². The van der Waals surface area contributed by atoms with E-state index in [2.05, 4.69) is 65.8 Å². The van der Waals surface area contributed by atoms with Crippen LogP contribution < -0.4 is 5.32 Å². The maximum absolute atomic E-state index is 12.6. The summed E-state index contributed by atoms with van der Waals surface area (Å²) in [5.74, 6) is -1.41. The maximum atomic E-state index is 12.6. The van der Waals surface area contributed by atoms with Crippen molar-refractivity contribution in [2.45, 2.75) is 150 Å². The van der Waals surface area contributed by atoms with Gasteiger partial charge in [0, 0.05) is 24.6 Å². The molecule has 1 rings (SSSR count). The Hall–Kier alpha value is -1.74. The minimum Gasteiger partial charge on any atom is -0.462 e. The third-order valence-electron chi connectivity index (χ3n) is 8.33. The van der Waals surface area contributed by atoms with Gasteiger partial charge in [-0.2, -0.15) is 0 Å². The molecule has 0 aromatic heterocycles. The normalized spacial score (nSPS) is 19.9. The van der Waals surface area contributed by atoms with Crippen LogP contribution in [0, 0.1) is 10.8 Å². The van der Waals surface area contributed by atoms with E-state index >= 15 is 0 Å². The fourth-order valence-corrected chi connectivity index (χ4v) is 12.2. The molecule has 1 saturated carbocycles. The smallest absolute Gasteiger partial charge is 0.407 e. The highest BCUT2D eigenvalue weighted by atomic mass is 28.4. The number of carbonyl (C=O) groups excluding carboxylic acids is 3. The quantitative estimate of drug-likeness (QED) is 0.0298. The van der Waals surface area contributed by atoms with Crippen LogP contribution in [0.3, 0.4) is 0 Å². The van der Waals surface area contributed by atoms with Crippen LogP contribution in [0.15, 0.2) is 12.2 Å². The fourth-order valence-electron chi connectivity index (χ4n) is 6.98. The van der Waals surface area contributed by atoms with Gasteiger partial charge < -0.3 is 33.1 Å². The van der Waals surface area contributed by atoms with Gasteiger partial charge in [-0.15, -0.1) is 0 Å². The summed E-state index contributed by atoms with van der Waals surface area (Å²) in [4.78, 5) is 36.4. The number of hydrogen-bond donors (Lipinski definition) is 1. The van der Waals surface area contributed by atoms with Crippen molar-refractivity contribution in [2.24, 2.45) is 10.8 Å². The van der Waals surface area contributed by atoms with Crippen LogP contribution >= 0.6 is 0 Å². The zero-order chi connectivity index (χ0) is 35.9. The standard InChI is InChI=1S/C35H67NO9Si2/c1-13-14-23-46(9,10)44-34(6,7)45-47(11,12)24-15-18-40-19-20-43-32(39)36-29-25-33(4,5)27-35(8,26-29)17-16-30(37)41-21-22-42-31(38)28(2)3/h29H,2,13-27H2,1,3-12H3,(H,36,39). The van der Waals surface area contributed by atoms with Crippen LogP contribution in [0.4, 0.5) is 4.79 Å². The lowest BCUT2D eigenvalue weighted by molar-refractivity contribution is -0.150. The monoisotopic (exact) mass is 701 g/mol. The predicted octanol–water partition coefficient (Wildman–Crippen LogP) is 8.13. The Labute approximate surface area is 287 Å². The average Bonchev–Trinajstić information content (AvgIpc) is 2.90. The van der Waals surface area contributed by atoms with Crippen LogP contribution in [0.2, 0.25) is 38.3 Å². The number of unbranched alkanes of at least 4 members (excludes halogenated alkanes) is 1. The number of carbonyl (C=O) groups is 3. The Bertz CT molecular complexity index is 1020. The van der Waals surface area contributed by atoms with Crippen molar-refractivity contribution in [3.05, 3.63) is 12.2 Å². The molecule has 1 amide bonds. The van der Waals surface area contributed by atoms with Crippen molar-refractivity contribution in [3.8, 4) is 0 Å². The minimum absolute atomic E-state index is 0.00296. The summed E-state index contributed by atoms with van der Waals surface area (Å²) in [6, 6.07) is 2.04. The van der Waals surface area contributed by atoms with Gasteiger partial charge in [-0.25, -0.2) is 9.59 Å². The first-order valence-electron chi connectivity index (χ1n) is 17.5. The lowest BCUT2D eigenvalue weighted by Crippen LogP contribution is -2.48. The molecule has 12 heteroatoms. The van der Waals surface area contributed by atoms with E-state index in [1.807, 2.05) is 13.8 Å². The highest BCUT2D eigenvalue weighted by Crippen LogP contribution is 2.48. The van der Waals surface area contributed by atoms with Gasteiger partial charge in [-0.05, 0) is 102 Å². The molecular weight excluding hydrogens is 635 g/mol. The summed E-state index contributed by atoms with van der Waals surface area (Å²) in [6.45, 7) is 28.0. The lowest BCUT2D eigenvalue weighted by atomic mass is 9.61. The molecule has 0 aromatic carbocycles. The molecule has 0 aromatic rings. The van der Waals surface area contributed by atoms with E-state index in [0.29, 0.717) is 25.2 Å². The van der Waals surface area contributed by atoms with E-state index in [1.54, 1.807) is 6.92 Å². The van der Waals surface area contributed by atoms with Crippen molar-refractivity contribution in [2.75, 3.05) is 33.0 Å². The van der Waals surface area contributed by atoms with E-state index in [4.69, 9.17) is 27.8 Å². The summed E-state index contributed by atoms with van der Waals surface area (Å²) < 4.78 is 34.4. The first kappa shape index (κ1) is 43.3. The van der Waals surface area contributed by atoms with Crippen molar-refractivity contribution in [1.29, 1.82) is 0 Å². The molecule has 1 N–H and O–H groups in total.